The number of phenols is 3. The van der Waals surface area contributed by atoms with Crippen molar-refractivity contribution >= 4 is 41.1 Å². The Balaban J connectivity index is 2.27. The molecule has 0 aliphatic carbocycles. The third-order valence-corrected chi connectivity index (χ3v) is 9.50. The molecular weight excluding hydrogens is 750 g/mol. The lowest BCUT2D eigenvalue weighted by Crippen LogP contribution is -2.56. The number of Topliss-reactive ketones (excluding diaryl/α,β-unsaturated/α-hetero) is 1. The fourth-order valence-corrected chi connectivity index (χ4v) is 6.65. The molecule has 0 unspecified atom stereocenters. The standard InChI is InChI=1S/C42H61N5O11/c1-5-6-7-8-9-10-11-13-27(48)22-37(55)46-30(23-36(44)54)42(58)47-29(16-17-35(43)53)41(57)45-26(18-24(2)3)21-33(51)28-19-25(4)20-34(52)38(28)40(56)39-31(49)14-12-15-32(39)50/h12,14-15,19-20,24,26-27,29-30,48-50,52H,5-11,13,16-18,21-23H2,1-4H3,(H2,43,53)(H2,44,54)(H,45,57)(H,46,55)(H,47,58)/t26-,27+,29-,30-/m0/s1. The molecule has 0 spiro atoms. The number of hydrogen-bond acceptors (Lipinski definition) is 11. The number of nitrogens with one attached hydrogen (secondary N) is 3. The summed E-state index contributed by atoms with van der Waals surface area (Å²) >= 11 is 0. The number of aryl methyl sites for hydroxylation is 1. The van der Waals surface area contributed by atoms with Gasteiger partial charge in [0, 0.05) is 24.4 Å². The summed E-state index contributed by atoms with van der Waals surface area (Å²) in [6, 6.07) is 2.34. The first-order valence-electron chi connectivity index (χ1n) is 19.9. The zero-order valence-electron chi connectivity index (χ0n) is 34.0. The number of nitrogens with two attached hydrogens (primary N) is 2. The van der Waals surface area contributed by atoms with Crippen LogP contribution in [0.2, 0.25) is 0 Å². The number of rotatable bonds is 27. The second-order valence-electron chi connectivity index (χ2n) is 15.3. The van der Waals surface area contributed by atoms with Crippen LogP contribution in [0, 0.1) is 12.8 Å². The zero-order valence-corrected chi connectivity index (χ0v) is 34.0. The summed E-state index contributed by atoms with van der Waals surface area (Å²) in [5.74, 6) is -7.77. The Labute approximate surface area is 339 Å². The SMILES string of the molecule is CCCCCCCCC[C@@H](O)CC(=O)N[C@@H](CC(N)=O)C(=O)N[C@@H](CCC(N)=O)C(=O)N[C@H](CC(=O)c1cc(C)cc(O)c1C(=O)c1c(O)cccc1O)CC(C)C. The molecule has 2 aromatic rings. The number of amides is 5. The van der Waals surface area contributed by atoms with E-state index in [9.17, 15) is 54.0 Å². The molecule has 4 atom stereocenters. The van der Waals surface area contributed by atoms with Gasteiger partial charge in [0.15, 0.2) is 5.78 Å². The predicted molar refractivity (Wildman–Crippen MR) is 216 cm³/mol. The van der Waals surface area contributed by atoms with Crippen molar-refractivity contribution in [2.75, 3.05) is 0 Å². The molecule has 0 saturated carbocycles. The maximum atomic E-state index is 13.9. The molecule has 0 fully saturated rings. The van der Waals surface area contributed by atoms with Crippen LogP contribution in [0.15, 0.2) is 30.3 Å². The number of ketones is 2. The van der Waals surface area contributed by atoms with Crippen LogP contribution in [-0.2, 0) is 24.0 Å². The highest BCUT2D eigenvalue weighted by Crippen LogP contribution is 2.34. The summed E-state index contributed by atoms with van der Waals surface area (Å²) in [6.07, 6.45) is 4.75. The van der Waals surface area contributed by atoms with Crippen LogP contribution in [-0.4, -0.2) is 85.8 Å². The summed E-state index contributed by atoms with van der Waals surface area (Å²) in [7, 11) is 0. The Kier molecular flexibility index (Phi) is 20.4. The van der Waals surface area contributed by atoms with E-state index in [0.717, 1.165) is 44.2 Å². The quantitative estimate of drug-likeness (QED) is 0.0465. The van der Waals surface area contributed by atoms with Gasteiger partial charge in [-0.3, -0.25) is 33.6 Å². The molecule has 2 aromatic carbocycles. The van der Waals surface area contributed by atoms with Crippen molar-refractivity contribution in [3.63, 3.8) is 0 Å². The maximum Gasteiger partial charge on any atom is 0.243 e. The molecule has 0 heterocycles. The number of aromatic hydroxyl groups is 3. The fourth-order valence-electron chi connectivity index (χ4n) is 6.65. The van der Waals surface area contributed by atoms with Crippen molar-refractivity contribution in [3.05, 3.63) is 52.6 Å². The summed E-state index contributed by atoms with van der Waals surface area (Å²) in [4.78, 5) is 91.3. The van der Waals surface area contributed by atoms with E-state index in [1.54, 1.807) is 6.92 Å². The van der Waals surface area contributed by atoms with Crippen molar-refractivity contribution in [2.24, 2.45) is 17.4 Å². The van der Waals surface area contributed by atoms with E-state index in [-0.39, 0.29) is 37.2 Å². The third kappa shape index (κ3) is 16.5. The van der Waals surface area contributed by atoms with E-state index in [2.05, 4.69) is 22.9 Å². The van der Waals surface area contributed by atoms with Gasteiger partial charge in [0.2, 0.25) is 35.3 Å². The maximum absolute atomic E-state index is 13.9. The van der Waals surface area contributed by atoms with Crippen molar-refractivity contribution < 1.29 is 54.0 Å². The van der Waals surface area contributed by atoms with Crippen LogP contribution in [0.1, 0.15) is 143 Å². The molecule has 16 heteroatoms. The van der Waals surface area contributed by atoms with Gasteiger partial charge in [0.05, 0.1) is 24.5 Å². The summed E-state index contributed by atoms with van der Waals surface area (Å²) < 4.78 is 0. The molecular formula is C42H61N5O11. The Hall–Kier alpha value is -5.51. The number of benzene rings is 2. The smallest absolute Gasteiger partial charge is 0.243 e. The Morgan fingerprint density at radius 1 is 0.690 bits per heavy atom. The van der Waals surface area contributed by atoms with Gasteiger partial charge in [-0.15, -0.1) is 0 Å². The van der Waals surface area contributed by atoms with Gasteiger partial charge in [-0.05, 0) is 61.9 Å². The van der Waals surface area contributed by atoms with E-state index in [0.29, 0.717) is 18.4 Å². The number of primary amides is 2. The topological polar surface area (TPSA) is 289 Å². The van der Waals surface area contributed by atoms with Crippen LogP contribution in [0.4, 0.5) is 0 Å². The van der Waals surface area contributed by atoms with E-state index in [4.69, 9.17) is 11.5 Å². The largest absolute Gasteiger partial charge is 0.507 e. The van der Waals surface area contributed by atoms with Crippen LogP contribution in [0.3, 0.4) is 0 Å². The molecule has 0 saturated heterocycles. The van der Waals surface area contributed by atoms with Crippen LogP contribution in [0.25, 0.3) is 0 Å². The van der Waals surface area contributed by atoms with Gasteiger partial charge >= 0.3 is 0 Å². The Bertz CT molecular complexity index is 1740. The molecule has 16 nitrogen and oxygen atoms in total. The van der Waals surface area contributed by atoms with Gasteiger partial charge in [-0.1, -0.05) is 71.8 Å². The minimum absolute atomic E-state index is 0.0988. The van der Waals surface area contributed by atoms with Gasteiger partial charge in [-0.2, -0.15) is 0 Å². The van der Waals surface area contributed by atoms with Crippen molar-refractivity contribution in [2.45, 2.75) is 142 Å². The van der Waals surface area contributed by atoms with Gasteiger partial charge in [0.1, 0.15) is 34.9 Å². The predicted octanol–water partition coefficient (Wildman–Crippen LogP) is 3.45. The molecule has 0 radical (unpaired) electrons. The van der Waals surface area contributed by atoms with E-state index >= 15 is 0 Å². The lowest BCUT2D eigenvalue weighted by molar-refractivity contribution is -0.134. The summed E-state index contributed by atoms with van der Waals surface area (Å²) in [5, 5.41) is 49.6. The second kappa shape index (κ2) is 24.3. The lowest BCUT2D eigenvalue weighted by Gasteiger charge is -2.26. The molecule has 0 bridgehead atoms. The van der Waals surface area contributed by atoms with Crippen LogP contribution < -0.4 is 27.4 Å². The number of carbonyl (C=O) groups is 7. The molecule has 2 rings (SSSR count). The third-order valence-electron chi connectivity index (χ3n) is 9.50. The number of unbranched alkanes of at least 4 members (excludes halogenated alkanes) is 6. The molecule has 0 aliphatic heterocycles. The van der Waals surface area contributed by atoms with E-state index in [1.807, 2.05) is 13.8 Å². The van der Waals surface area contributed by atoms with E-state index < -0.39 is 107 Å². The highest BCUT2D eigenvalue weighted by molar-refractivity contribution is 6.19. The minimum Gasteiger partial charge on any atom is -0.507 e. The Morgan fingerprint density at radius 3 is 1.88 bits per heavy atom. The average Bonchev–Trinajstić information content (AvgIpc) is 3.11. The van der Waals surface area contributed by atoms with Gasteiger partial charge in [-0.25, -0.2) is 0 Å². The first kappa shape index (κ1) is 48.6. The summed E-state index contributed by atoms with van der Waals surface area (Å²) in [6.45, 7) is 7.36. The number of hydrogen-bond donors (Lipinski definition) is 9. The number of aliphatic hydroxyl groups excluding tert-OH is 1. The fraction of sp³-hybridized carbons (Fsp3) is 0.548. The normalized spacial score (nSPS) is 13.2. The Morgan fingerprint density at radius 2 is 1.29 bits per heavy atom. The van der Waals surface area contributed by atoms with E-state index in [1.165, 1.54) is 24.6 Å². The van der Waals surface area contributed by atoms with Gasteiger partial charge in [0.25, 0.3) is 0 Å². The first-order valence-corrected chi connectivity index (χ1v) is 19.9. The van der Waals surface area contributed by atoms with Crippen LogP contribution >= 0.6 is 0 Å². The zero-order chi connectivity index (χ0) is 43.5. The number of aliphatic hydroxyl groups is 1. The monoisotopic (exact) mass is 811 g/mol. The first-order chi connectivity index (χ1) is 27.3. The van der Waals surface area contributed by atoms with Crippen molar-refractivity contribution in [1.82, 2.24) is 16.0 Å². The lowest BCUT2D eigenvalue weighted by atomic mass is 9.89. The highest BCUT2D eigenvalue weighted by atomic mass is 16.3. The van der Waals surface area contributed by atoms with Crippen molar-refractivity contribution in [1.29, 1.82) is 0 Å². The molecule has 5 amide bonds. The summed E-state index contributed by atoms with van der Waals surface area (Å²) in [5.41, 5.74) is 9.91. The molecule has 58 heavy (non-hydrogen) atoms. The minimum atomic E-state index is -1.53. The number of phenolic OH excluding ortho intramolecular Hbond substituents is 3. The number of carbonyl (C=O) groups excluding carboxylic acids is 7. The van der Waals surface area contributed by atoms with Crippen molar-refractivity contribution in [3.8, 4) is 17.2 Å². The molecule has 11 N–H and O–H groups in total. The molecule has 320 valence electrons. The average molecular weight is 812 g/mol. The molecule has 0 aromatic heterocycles. The van der Waals surface area contributed by atoms with Gasteiger partial charge < -0.3 is 47.8 Å². The molecule has 0 aliphatic rings. The van der Waals surface area contributed by atoms with Crippen LogP contribution in [0.5, 0.6) is 17.2 Å². The highest BCUT2D eigenvalue weighted by Gasteiger charge is 2.32. The second-order valence-corrected chi connectivity index (χ2v) is 15.3.